The van der Waals surface area contributed by atoms with Crippen molar-refractivity contribution in [3.8, 4) is 0 Å². The largest absolute Gasteiger partial charge is 0.353 e. The van der Waals surface area contributed by atoms with Gasteiger partial charge in [0.1, 0.15) is 11.5 Å². The van der Waals surface area contributed by atoms with Gasteiger partial charge in [-0.15, -0.1) is 0 Å². The highest BCUT2D eigenvalue weighted by atomic mass is 16.2. The lowest BCUT2D eigenvalue weighted by Crippen LogP contribution is -2.52. The summed E-state index contributed by atoms with van der Waals surface area (Å²) in [6.45, 7) is 12.6. The van der Waals surface area contributed by atoms with Crippen LogP contribution in [0.1, 0.15) is 31.3 Å². The van der Waals surface area contributed by atoms with E-state index in [1.165, 1.54) is 0 Å². The lowest BCUT2D eigenvalue weighted by atomic mass is 10.1. The molecule has 0 radical (unpaired) electrons. The highest BCUT2D eigenvalue weighted by Gasteiger charge is 2.25. The van der Waals surface area contributed by atoms with E-state index in [9.17, 15) is 9.59 Å². The summed E-state index contributed by atoms with van der Waals surface area (Å²) < 4.78 is 0. The maximum Gasteiger partial charge on any atom is 0.274 e. The fraction of sp³-hybridized carbons (Fsp3) is 0.700. The van der Waals surface area contributed by atoms with E-state index in [2.05, 4.69) is 37.0 Å². The number of hydrogen-bond acceptors (Lipinski definition) is 7. The van der Waals surface area contributed by atoms with E-state index >= 15 is 0 Å². The third kappa shape index (κ3) is 6.11. The molecule has 9 heteroatoms. The van der Waals surface area contributed by atoms with Crippen LogP contribution in [0.4, 0.5) is 5.82 Å². The Morgan fingerprint density at radius 2 is 1.66 bits per heavy atom. The number of hydrogen-bond donors (Lipinski definition) is 1. The average Bonchev–Trinajstić information content (AvgIpc) is 2.67. The average molecular weight is 404 g/mol. The second kappa shape index (κ2) is 9.04. The molecule has 1 aromatic rings. The number of anilines is 1. The van der Waals surface area contributed by atoms with Crippen LogP contribution in [0.3, 0.4) is 0 Å². The fourth-order valence-electron chi connectivity index (χ4n) is 3.58. The zero-order valence-electron chi connectivity index (χ0n) is 18.0. The minimum Gasteiger partial charge on any atom is -0.353 e. The number of amides is 2. The Bertz CT molecular complexity index is 718. The van der Waals surface area contributed by atoms with Gasteiger partial charge in [0.25, 0.3) is 5.91 Å². The van der Waals surface area contributed by atoms with Gasteiger partial charge < -0.3 is 20.0 Å². The maximum atomic E-state index is 12.8. The number of nitrogens with zero attached hydrogens (tertiary/aromatic N) is 6. The fourth-order valence-corrected chi connectivity index (χ4v) is 3.58. The van der Waals surface area contributed by atoms with Crippen LogP contribution in [0, 0.1) is 0 Å². The summed E-state index contributed by atoms with van der Waals surface area (Å²) in [6.07, 6.45) is 3.26. The SMILES string of the molecule is CN1CCN(C(=O)c2cncc(N3CCN(CC(=O)NC(C)(C)C)CC3)n2)CC1. The quantitative estimate of drug-likeness (QED) is 0.752. The van der Waals surface area contributed by atoms with Crippen molar-refractivity contribution in [2.75, 3.05) is 70.9 Å². The molecule has 2 aliphatic heterocycles. The molecule has 0 aliphatic carbocycles. The number of rotatable bonds is 4. The number of aromatic nitrogens is 2. The molecule has 1 aromatic heterocycles. The molecule has 3 rings (SSSR count). The first-order valence-corrected chi connectivity index (χ1v) is 10.3. The van der Waals surface area contributed by atoms with Crippen LogP contribution in [-0.4, -0.2) is 108 Å². The van der Waals surface area contributed by atoms with Crippen LogP contribution in [0.15, 0.2) is 12.4 Å². The molecule has 0 aromatic carbocycles. The summed E-state index contributed by atoms with van der Waals surface area (Å²) in [6, 6.07) is 0. The summed E-state index contributed by atoms with van der Waals surface area (Å²) in [4.78, 5) is 42.1. The highest BCUT2D eigenvalue weighted by Crippen LogP contribution is 2.14. The molecule has 9 nitrogen and oxygen atoms in total. The van der Waals surface area contributed by atoms with Gasteiger partial charge >= 0.3 is 0 Å². The molecular formula is C20H33N7O2. The smallest absolute Gasteiger partial charge is 0.274 e. The van der Waals surface area contributed by atoms with Crippen molar-refractivity contribution >= 4 is 17.6 Å². The first-order chi connectivity index (χ1) is 13.7. The van der Waals surface area contributed by atoms with E-state index < -0.39 is 0 Å². The Morgan fingerprint density at radius 3 is 2.28 bits per heavy atom. The maximum absolute atomic E-state index is 12.8. The van der Waals surface area contributed by atoms with Gasteiger partial charge in [-0.3, -0.25) is 19.5 Å². The lowest BCUT2D eigenvalue weighted by molar-refractivity contribution is -0.123. The van der Waals surface area contributed by atoms with Gasteiger partial charge in [0.05, 0.1) is 18.9 Å². The van der Waals surface area contributed by atoms with Crippen molar-refractivity contribution in [3.63, 3.8) is 0 Å². The normalized spacial score (nSPS) is 19.3. The van der Waals surface area contributed by atoms with Crippen LogP contribution in [0.5, 0.6) is 0 Å². The molecule has 0 atom stereocenters. The van der Waals surface area contributed by atoms with Crippen LogP contribution in [-0.2, 0) is 4.79 Å². The summed E-state index contributed by atoms with van der Waals surface area (Å²) in [5, 5.41) is 3.00. The Kier molecular flexibility index (Phi) is 6.69. The monoisotopic (exact) mass is 403 g/mol. The van der Waals surface area contributed by atoms with E-state index in [-0.39, 0.29) is 17.4 Å². The lowest BCUT2D eigenvalue weighted by Gasteiger charge is -2.35. The van der Waals surface area contributed by atoms with Crippen LogP contribution < -0.4 is 10.2 Å². The minimum absolute atomic E-state index is 0.0468. The van der Waals surface area contributed by atoms with Crippen molar-refractivity contribution < 1.29 is 9.59 Å². The molecule has 0 saturated carbocycles. The second-order valence-electron chi connectivity index (χ2n) is 8.92. The van der Waals surface area contributed by atoms with Crippen molar-refractivity contribution in [2.24, 2.45) is 0 Å². The minimum atomic E-state index is -0.217. The molecule has 2 aliphatic rings. The van der Waals surface area contributed by atoms with E-state index in [4.69, 9.17) is 0 Å². The van der Waals surface area contributed by atoms with E-state index in [0.717, 1.165) is 58.2 Å². The molecule has 1 N–H and O–H groups in total. The Labute approximate surface area is 173 Å². The molecule has 0 unspecified atom stereocenters. The van der Waals surface area contributed by atoms with Crippen LogP contribution in [0.2, 0.25) is 0 Å². The third-order valence-corrected chi connectivity index (χ3v) is 5.21. The molecule has 2 fully saturated rings. The van der Waals surface area contributed by atoms with Crippen LogP contribution >= 0.6 is 0 Å². The zero-order chi connectivity index (χ0) is 21.0. The first-order valence-electron chi connectivity index (χ1n) is 10.3. The van der Waals surface area contributed by atoms with Crippen molar-refractivity contribution in [1.82, 2.24) is 30.0 Å². The van der Waals surface area contributed by atoms with E-state index in [0.29, 0.717) is 12.2 Å². The van der Waals surface area contributed by atoms with Crippen molar-refractivity contribution in [1.29, 1.82) is 0 Å². The second-order valence-corrected chi connectivity index (χ2v) is 8.92. The van der Waals surface area contributed by atoms with Gasteiger partial charge in [-0.2, -0.15) is 0 Å². The van der Waals surface area contributed by atoms with Gasteiger partial charge in [0, 0.05) is 57.9 Å². The number of nitrogens with one attached hydrogen (secondary N) is 1. The number of carbonyl (C=O) groups excluding carboxylic acids is 2. The zero-order valence-corrected chi connectivity index (χ0v) is 18.0. The third-order valence-electron chi connectivity index (χ3n) is 5.21. The molecular weight excluding hydrogens is 370 g/mol. The summed E-state index contributed by atoms with van der Waals surface area (Å²) >= 11 is 0. The van der Waals surface area contributed by atoms with Gasteiger partial charge in [0.15, 0.2) is 0 Å². The molecule has 2 amide bonds. The first kappa shape index (κ1) is 21.4. The molecule has 2 saturated heterocycles. The topological polar surface area (TPSA) is 84.9 Å². The molecule has 160 valence electrons. The predicted molar refractivity (Wildman–Crippen MR) is 112 cm³/mol. The van der Waals surface area contributed by atoms with Crippen molar-refractivity contribution in [2.45, 2.75) is 26.3 Å². The summed E-state index contributed by atoms with van der Waals surface area (Å²) in [5.41, 5.74) is 0.185. The molecule has 3 heterocycles. The van der Waals surface area contributed by atoms with Gasteiger partial charge in [0.2, 0.25) is 5.91 Å². The van der Waals surface area contributed by atoms with Gasteiger partial charge in [-0.05, 0) is 27.8 Å². The van der Waals surface area contributed by atoms with Crippen LogP contribution in [0.25, 0.3) is 0 Å². The van der Waals surface area contributed by atoms with Crippen molar-refractivity contribution in [3.05, 3.63) is 18.1 Å². The molecule has 0 spiro atoms. The number of piperazine rings is 2. The highest BCUT2D eigenvalue weighted by molar-refractivity contribution is 5.92. The standard InChI is InChI=1S/C20H33N7O2/c1-20(2,3)23-18(28)15-25-7-11-26(12-8-25)17-14-21-13-16(22-17)19(29)27-9-5-24(4)6-10-27/h13-14H,5-12,15H2,1-4H3,(H,23,28). The molecule has 0 bridgehead atoms. The Balaban J connectivity index is 1.54. The van der Waals surface area contributed by atoms with Gasteiger partial charge in [-0.1, -0.05) is 0 Å². The number of carbonyl (C=O) groups is 2. The summed E-state index contributed by atoms with van der Waals surface area (Å²) in [7, 11) is 2.06. The Hall–Kier alpha value is -2.26. The van der Waals surface area contributed by atoms with E-state index in [1.807, 2.05) is 25.7 Å². The number of likely N-dealkylation sites (N-methyl/N-ethyl adjacent to an activating group) is 1. The Morgan fingerprint density at radius 1 is 1.00 bits per heavy atom. The van der Waals surface area contributed by atoms with E-state index in [1.54, 1.807) is 12.4 Å². The summed E-state index contributed by atoms with van der Waals surface area (Å²) in [5.74, 6) is 0.722. The van der Waals surface area contributed by atoms with Gasteiger partial charge in [-0.25, -0.2) is 4.98 Å². The molecule has 29 heavy (non-hydrogen) atoms. The predicted octanol–water partition coefficient (Wildman–Crippen LogP) is -0.0991.